The number of benzene rings is 1. The highest BCUT2D eigenvalue weighted by atomic mass is 35.5. The highest BCUT2D eigenvalue weighted by Crippen LogP contribution is 2.26. The zero-order chi connectivity index (χ0) is 16.3. The summed E-state index contributed by atoms with van der Waals surface area (Å²) in [4.78, 5) is 12.4. The third kappa shape index (κ3) is 4.25. The average Bonchev–Trinajstić information content (AvgIpc) is 2.97. The van der Waals surface area contributed by atoms with Gasteiger partial charge in [-0.25, -0.2) is 0 Å². The summed E-state index contributed by atoms with van der Waals surface area (Å²) in [7, 11) is 0. The van der Waals surface area contributed by atoms with Crippen LogP contribution in [0.1, 0.15) is 31.3 Å². The lowest BCUT2D eigenvalue weighted by molar-refractivity contribution is 0.0878. The highest BCUT2D eigenvalue weighted by Gasteiger charge is 2.29. The molecule has 1 aromatic heterocycles. The molecule has 126 valence electrons. The van der Waals surface area contributed by atoms with Crippen molar-refractivity contribution in [3.8, 4) is 11.3 Å². The fraction of sp³-hybridized carbons (Fsp3) is 0.375. The van der Waals surface area contributed by atoms with Gasteiger partial charge in [-0.2, -0.15) is 5.10 Å². The van der Waals surface area contributed by atoms with E-state index in [2.05, 4.69) is 15.5 Å². The minimum absolute atomic E-state index is 0. The van der Waals surface area contributed by atoms with Crippen LogP contribution in [0, 0.1) is 5.92 Å². The third-order valence-corrected chi connectivity index (χ3v) is 4.40. The molecule has 2 rings (SSSR count). The predicted octanol–water partition coefficient (Wildman–Crippen LogP) is 3.26. The van der Waals surface area contributed by atoms with Gasteiger partial charge in [0.15, 0.2) is 0 Å². The Balaban J connectivity index is 0.00000264. The zero-order valence-corrected chi connectivity index (χ0v) is 15.0. The molecule has 1 unspecified atom stereocenters. The van der Waals surface area contributed by atoms with Crippen LogP contribution in [0.2, 0.25) is 5.02 Å². The number of nitrogens with zero attached hydrogens (tertiary/aromatic N) is 1. The Bertz CT molecular complexity index is 672. The number of halogens is 2. The molecule has 1 aromatic carbocycles. The van der Waals surface area contributed by atoms with Gasteiger partial charge >= 0.3 is 0 Å². The molecule has 7 heteroatoms. The summed E-state index contributed by atoms with van der Waals surface area (Å²) in [5.41, 5.74) is 7.13. The molecule has 4 N–H and O–H groups in total. The Kier molecular flexibility index (Phi) is 6.62. The monoisotopic (exact) mass is 356 g/mol. The number of hydrogen-bond donors (Lipinski definition) is 3. The van der Waals surface area contributed by atoms with Gasteiger partial charge in [-0.05, 0) is 25.0 Å². The first-order chi connectivity index (χ1) is 10.4. The Hall–Kier alpha value is -1.56. The molecule has 1 heterocycles. The number of nitrogens with one attached hydrogen (secondary N) is 2. The van der Waals surface area contributed by atoms with Crippen LogP contribution >= 0.6 is 24.0 Å². The fourth-order valence-corrected chi connectivity index (χ4v) is 2.24. The van der Waals surface area contributed by atoms with Crippen LogP contribution in [0.5, 0.6) is 0 Å². The minimum Gasteiger partial charge on any atom is -0.344 e. The lowest BCUT2D eigenvalue weighted by Gasteiger charge is -2.33. The molecule has 0 fully saturated rings. The second-order valence-corrected chi connectivity index (χ2v) is 6.28. The number of hydrogen-bond acceptors (Lipinski definition) is 3. The largest absolute Gasteiger partial charge is 0.344 e. The number of H-pyrrole nitrogens is 1. The molecule has 0 saturated heterocycles. The standard InChI is InChI=1S/C16H21ClN4O.ClH/c1-10(2)16(3,9-18)19-15(22)14-8-13(20-21-14)11-6-4-5-7-12(11)17;/h4-8,10H,9,18H2,1-3H3,(H,19,22)(H,20,21);1H. The molecular weight excluding hydrogens is 335 g/mol. The Labute approximate surface area is 147 Å². The molecule has 0 aliphatic heterocycles. The summed E-state index contributed by atoms with van der Waals surface area (Å²) < 4.78 is 0. The van der Waals surface area contributed by atoms with Crippen LogP contribution < -0.4 is 11.1 Å². The number of amides is 1. The van der Waals surface area contributed by atoms with Gasteiger partial charge in [-0.15, -0.1) is 12.4 Å². The van der Waals surface area contributed by atoms with Gasteiger partial charge in [0.1, 0.15) is 5.69 Å². The first kappa shape index (κ1) is 19.5. The second-order valence-electron chi connectivity index (χ2n) is 5.88. The molecule has 5 nitrogen and oxygen atoms in total. The van der Waals surface area contributed by atoms with E-state index in [1.54, 1.807) is 12.1 Å². The summed E-state index contributed by atoms with van der Waals surface area (Å²) in [6.45, 7) is 6.34. The van der Waals surface area contributed by atoms with Crippen LogP contribution in [0.4, 0.5) is 0 Å². The van der Waals surface area contributed by atoms with Gasteiger partial charge in [-0.1, -0.05) is 43.6 Å². The third-order valence-electron chi connectivity index (χ3n) is 4.07. The average molecular weight is 357 g/mol. The smallest absolute Gasteiger partial charge is 0.269 e. The number of carbonyl (C=O) groups is 1. The number of aromatic amines is 1. The van der Waals surface area contributed by atoms with Crippen LogP contribution in [0.25, 0.3) is 11.3 Å². The van der Waals surface area contributed by atoms with Crippen molar-refractivity contribution in [2.75, 3.05) is 6.54 Å². The van der Waals surface area contributed by atoms with Gasteiger partial charge in [0, 0.05) is 12.1 Å². The first-order valence-electron chi connectivity index (χ1n) is 7.20. The molecule has 2 aromatic rings. The maximum Gasteiger partial charge on any atom is 0.269 e. The molecule has 23 heavy (non-hydrogen) atoms. The van der Waals surface area contributed by atoms with Crippen molar-refractivity contribution in [3.63, 3.8) is 0 Å². The zero-order valence-electron chi connectivity index (χ0n) is 13.4. The van der Waals surface area contributed by atoms with Gasteiger partial charge in [0.25, 0.3) is 5.91 Å². The normalized spacial score (nSPS) is 13.3. The second kappa shape index (κ2) is 7.81. The van der Waals surface area contributed by atoms with E-state index in [-0.39, 0.29) is 24.2 Å². The lowest BCUT2D eigenvalue weighted by Crippen LogP contribution is -2.55. The van der Waals surface area contributed by atoms with Gasteiger partial charge < -0.3 is 11.1 Å². The van der Waals surface area contributed by atoms with Crippen LogP contribution in [0.15, 0.2) is 30.3 Å². The Morgan fingerprint density at radius 1 is 1.43 bits per heavy atom. The SMILES string of the molecule is CC(C)C(C)(CN)NC(=O)c1cc(-c2ccccc2Cl)n[nH]1.Cl. The summed E-state index contributed by atoms with van der Waals surface area (Å²) >= 11 is 6.15. The van der Waals surface area contributed by atoms with Crippen molar-refractivity contribution < 1.29 is 4.79 Å². The molecule has 1 amide bonds. The summed E-state index contributed by atoms with van der Waals surface area (Å²) in [6, 6.07) is 9.06. The van der Waals surface area contributed by atoms with E-state index < -0.39 is 5.54 Å². The number of nitrogens with two attached hydrogens (primary N) is 1. The number of rotatable bonds is 5. The van der Waals surface area contributed by atoms with E-state index in [1.807, 2.05) is 39.0 Å². The topological polar surface area (TPSA) is 83.8 Å². The highest BCUT2D eigenvalue weighted by molar-refractivity contribution is 6.33. The number of aromatic nitrogens is 2. The van der Waals surface area contributed by atoms with Crippen molar-refractivity contribution in [1.29, 1.82) is 0 Å². The van der Waals surface area contributed by atoms with E-state index >= 15 is 0 Å². The molecule has 1 atom stereocenters. The molecule has 0 saturated carbocycles. The maximum absolute atomic E-state index is 12.4. The van der Waals surface area contributed by atoms with Gasteiger partial charge in [0.2, 0.25) is 0 Å². The van der Waals surface area contributed by atoms with Gasteiger partial charge in [-0.3, -0.25) is 9.89 Å². The Morgan fingerprint density at radius 3 is 2.65 bits per heavy atom. The maximum atomic E-state index is 12.4. The van der Waals surface area contributed by atoms with Crippen molar-refractivity contribution in [2.45, 2.75) is 26.3 Å². The van der Waals surface area contributed by atoms with E-state index in [4.69, 9.17) is 17.3 Å². The molecule has 0 radical (unpaired) electrons. The summed E-state index contributed by atoms with van der Waals surface area (Å²) in [5, 5.41) is 10.5. The lowest BCUT2D eigenvalue weighted by atomic mass is 9.88. The van der Waals surface area contributed by atoms with E-state index in [9.17, 15) is 4.79 Å². The van der Waals surface area contributed by atoms with Crippen molar-refractivity contribution in [3.05, 3.63) is 41.0 Å². The van der Waals surface area contributed by atoms with Crippen LogP contribution in [-0.2, 0) is 0 Å². The Morgan fingerprint density at radius 2 is 2.09 bits per heavy atom. The van der Waals surface area contributed by atoms with Crippen molar-refractivity contribution in [1.82, 2.24) is 15.5 Å². The van der Waals surface area contributed by atoms with E-state index in [0.717, 1.165) is 5.56 Å². The summed E-state index contributed by atoms with van der Waals surface area (Å²) in [6.07, 6.45) is 0. The minimum atomic E-state index is -0.466. The summed E-state index contributed by atoms with van der Waals surface area (Å²) in [5.74, 6) is -0.0140. The van der Waals surface area contributed by atoms with Crippen molar-refractivity contribution >= 4 is 29.9 Å². The number of carbonyl (C=O) groups excluding carboxylic acids is 1. The molecule has 0 aliphatic carbocycles. The van der Waals surface area contributed by atoms with Gasteiger partial charge in [0.05, 0.1) is 16.3 Å². The molecular formula is C16H22Cl2N4O. The first-order valence-corrected chi connectivity index (χ1v) is 7.58. The molecule has 0 bridgehead atoms. The fourth-order valence-electron chi connectivity index (χ4n) is 2.00. The molecule has 0 aliphatic rings. The van der Waals surface area contributed by atoms with Crippen molar-refractivity contribution in [2.24, 2.45) is 11.7 Å². The van der Waals surface area contributed by atoms with Crippen LogP contribution in [0.3, 0.4) is 0 Å². The predicted molar refractivity (Wildman–Crippen MR) is 96.0 cm³/mol. The van der Waals surface area contributed by atoms with E-state index in [1.165, 1.54) is 0 Å². The molecule has 0 spiro atoms. The van der Waals surface area contributed by atoms with Crippen LogP contribution in [-0.4, -0.2) is 28.2 Å². The quantitative estimate of drug-likeness (QED) is 0.768. The van der Waals surface area contributed by atoms with E-state index in [0.29, 0.717) is 23.0 Å².